The van der Waals surface area contributed by atoms with Crippen molar-refractivity contribution in [1.29, 1.82) is 0 Å². The number of nitrogens with zero attached hydrogens (tertiary/aromatic N) is 3. The number of hydrogen-bond acceptors (Lipinski definition) is 4. The first-order valence-corrected chi connectivity index (χ1v) is 9.15. The van der Waals surface area contributed by atoms with Gasteiger partial charge in [-0.1, -0.05) is 13.0 Å². The van der Waals surface area contributed by atoms with Gasteiger partial charge in [0, 0.05) is 11.1 Å². The maximum Gasteiger partial charge on any atom is 0.261 e. The molecule has 1 amide bonds. The lowest BCUT2D eigenvalue weighted by Gasteiger charge is -2.16. The molecule has 1 aliphatic rings. The second kappa shape index (κ2) is 6.02. The largest absolute Gasteiger partial charge is 0.342 e. The van der Waals surface area contributed by atoms with Crippen molar-refractivity contribution in [3.05, 3.63) is 51.6 Å². The average Bonchev–Trinajstić information content (AvgIpc) is 3.18. The van der Waals surface area contributed by atoms with Gasteiger partial charge < -0.3 is 5.32 Å². The summed E-state index contributed by atoms with van der Waals surface area (Å²) >= 11 is 1.63. The molecule has 3 heterocycles. The SMILES string of the molecule is CC1CCc2sc(C(=O)NC(C)c3nnc4ccccn34)cc2C1. The lowest BCUT2D eigenvalue weighted by atomic mass is 9.90. The van der Waals surface area contributed by atoms with Crippen LogP contribution in [-0.4, -0.2) is 20.5 Å². The fraction of sp³-hybridized carbons (Fsp3) is 0.389. The Balaban J connectivity index is 1.53. The van der Waals surface area contributed by atoms with Gasteiger partial charge in [-0.05, 0) is 55.9 Å². The number of amides is 1. The van der Waals surface area contributed by atoms with Gasteiger partial charge >= 0.3 is 0 Å². The lowest BCUT2D eigenvalue weighted by Crippen LogP contribution is -2.27. The third kappa shape index (κ3) is 2.71. The standard InChI is InChI=1S/C18H20N4OS/c1-11-6-7-14-13(9-11)10-15(24-14)18(23)19-12(2)17-21-20-16-5-3-4-8-22(16)17/h3-5,8,10-12H,6-7,9H2,1-2H3,(H,19,23). The molecular weight excluding hydrogens is 320 g/mol. The summed E-state index contributed by atoms with van der Waals surface area (Å²) in [6.45, 7) is 4.22. The highest BCUT2D eigenvalue weighted by atomic mass is 32.1. The Kier molecular flexibility index (Phi) is 3.84. The molecule has 0 aliphatic heterocycles. The van der Waals surface area contributed by atoms with Crippen molar-refractivity contribution < 1.29 is 4.79 Å². The van der Waals surface area contributed by atoms with Crippen LogP contribution in [0.25, 0.3) is 5.65 Å². The maximum absolute atomic E-state index is 12.6. The van der Waals surface area contributed by atoms with E-state index in [0.717, 1.165) is 29.2 Å². The summed E-state index contributed by atoms with van der Waals surface area (Å²) in [6.07, 6.45) is 5.32. The van der Waals surface area contributed by atoms with Gasteiger partial charge in [-0.25, -0.2) is 0 Å². The van der Waals surface area contributed by atoms with Crippen molar-refractivity contribution in [1.82, 2.24) is 19.9 Å². The van der Waals surface area contributed by atoms with Crippen LogP contribution in [0.15, 0.2) is 30.5 Å². The monoisotopic (exact) mass is 340 g/mol. The molecule has 0 fully saturated rings. The topological polar surface area (TPSA) is 59.3 Å². The highest BCUT2D eigenvalue weighted by molar-refractivity contribution is 7.14. The molecule has 124 valence electrons. The average molecular weight is 340 g/mol. The number of nitrogens with one attached hydrogen (secondary N) is 1. The molecule has 24 heavy (non-hydrogen) atoms. The number of hydrogen-bond donors (Lipinski definition) is 1. The van der Waals surface area contributed by atoms with Crippen LogP contribution in [0.5, 0.6) is 0 Å². The number of aromatic nitrogens is 3. The van der Waals surface area contributed by atoms with Gasteiger partial charge in [-0.3, -0.25) is 9.20 Å². The van der Waals surface area contributed by atoms with Crippen LogP contribution in [0, 0.1) is 5.92 Å². The Morgan fingerprint density at radius 2 is 2.29 bits per heavy atom. The molecule has 2 atom stereocenters. The minimum Gasteiger partial charge on any atom is -0.342 e. The normalized spacial score (nSPS) is 18.3. The van der Waals surface area contributed by atoms with Gasteiger partial charge in [-0.15, -0.1) is 21.5 Å². The molecule has 6 heteroatoms. The van der Waals surface area contributed by atoms with E-state index in [4.69, 9.17) is 0 Å². The number of rotatable bonds is 3. The molecule has 3 aromatic heterocycles. The summed E-state index contributed by atoms with van der Waals surface area (Å²) in [4.78, 5) is 14.8. The van der Waals surface area contributed by atoms with Crippen LogP contribution in [0.2, 0.25) is 0 Å². The highest BCUT2D eigenvalue weighted by Gasteiger charge is 2.22. The first kappa shape index (κ1) is 15.3. The Morgan fingerprint density at radius 1 is 1.42 bits per heavy atom. The third-order valence-corrected chi connectivity index (χ3v) is 5.86. The summed E-state index contributed by atoms with van der Waals surface area (Å²) < 4.78 is 1.91. The van der Waals surface area contributed by atoms with E-state index in [1.807, 2.05) is 35.7 Å². The fourth-order valence-corrected chi connectivity index (χ4v) is 4.42. The number of pyridine rings is 1. The molecule has 5 nitrogen and oxygen atoms in total. The molecule has 0 saturated heterocycles. The molecule has 0 saturated carbocycles. The van der Waals surface area contributed by atoms with Crippen LogP contribution in [0.4, 0.5) is 0 Å². The summed E-state index contributed by atoms with van der Waals surface area (Å²) in [5, 5.41) is 11.4. The molecule has 2 unspecified atom stereocenters. The minimum absolute atomic E-state index is 0.0257. The van der Waals surface area contributed by atoms with E-state index >= 15 is 0 Å². The first-order chi connectivity index (χ1) is 11.6. The summed E-state index contributed by atoms with van der Waals surface area (Å²) in [5.41, 5.74) is 2.14. The van der Waals surface area contributed by atoms with Crippen molar-refractivity contribution in [3.8, 4) is 0 Å². The van der Waals surface area contributed by atoms with E-state index in [1.54, 1.807) is 11.3 Å². The Labute approximate surface area is 144 Å². The third-order valence-electron chi connectivity index (χ3n) is 4.63. The molecule has 3 aromatic rings. The van der Waals surface area contributed by atoms with Crippen LogP contribution in [0.3, 0.4) is 0 Å². The zero-order valence-electron chi connectivity index (χ0n) is 13.8. The van der Waals surface area contributed by atoms with Crippen LogP contribution < -0.4 is 5.32 Å². The smallest absolute Gasteiger partial charge is 0.261 e. The predicted molar refractivity (Wildman–Crippen MR) is 94.4 cm³/mol. The summed E-state index contributed by atoms with van der Waals surface area (Å²) in [6, 6.07) is 7.63. The molecule has 0 bridgehead atoms. The summed E-state index contributed by atoms with van der Waals surface area (Å²) in [5.74, 6) is 1.43. The number of thiophene rings is 1. The van der Waals surface area contributed by atoms with Gasteiger partial charge in [0.2, 0.25) is 0 Å². The lowest BCUT2D eigenvalue weighted by molar-refractivity contribution is 0.0942. The quantitative estimate of drug-likeness (QED) is 0.795. The number of carbonyl (C=O) groups excluding carboxylic acids is 1. The van der Waals surface area contributed by atoms with Gasteiger partial charge in [0.25, 0.3) is 5.91 Å². The van der Waals surface area contributed by atoms with E-state index in [0.29, 0.717) is 5.92 Å². The van der Waals surface area contributed by atoms with E-state index in [1.165, 1.54) is 16.9 Å². The maximum atomic E-state index is 12.6. The molecule has 0 aromatic carbocycles. The minimum atomic E-state index is -0.201. The second-order valence-corrected chi connectivity index (χ2v) is 7.73. The van der Waals surface area contributed by atoms with Crippen LogP contribution in [-0.2, 0) is 12.8 Å². The van der Waals surface area contributed by atoms with Gasteiger partial charge in [0.1, 0.15) is 0 Å². The molecule has 1 aliphatic carbocycles. The second-order valence-electron chi connectivity index (χ2n) is 6.59. The molecule has 4 rings (SSSR count). The predicted octanol–water partition coefficient (Wildman–Crippen LogP) is 3.41. The Bertz CT molecular complexity index is 897. The number of carbonyl (C=O) groups is 1. The highest BCUT2D eigenvalue weighted by Crippen LogP contribution is 2.32. The molecular formula is C18H20N4OS. The molecule has 0 radical (unpaired) electrons. The Hall–Kier alpha value is -2.21. The van der Waals surface area contributed by atoms with Gasteiger partial charge in [-0.2, -0.15) is 0 Å². The fourth-order valence-electron chi connectivity index (χ4n) is 3.31. The van der Waals surface area contributed by atoms with Crippen LogP contribution in [0.1, 0.15) is 52.2 Å². The van der Waals surface area contributed by atoms with E-state index in [-0.39, 0.29) is 11.9 Å². The zero-order chi connectivity index (χ0) is 16.7. The number of aryl methyl sites for hydroxylation is 1. The van der Waals surface area contributed by atoms with E-state index < -0.39 is 0 Å². The van der Waals surface area contributed by atoms with Crippen molar-refractivity contribution in [2.45, 2.75) is 39.2 Å². The first-order valence-electron chi connectivity index (χ1n) is 8.34. The molecule has 1 N–H and O–H groups in total. The number of fused-ring (bicyclic) bond motifs is 2. The molecule has 0 spiro atoms. The van der Waals surface area contributed by atoms with Gasteiger partial charge in [0.05, 0.1) is 10.9 Å². The van der Waals surface area contributed by atoms with Crippen molar-refractivity contribution in [3.63, 3.8) is 0 Å². The van der Waals surface area contributed by atoms with Crippen LogP contribution >= 0.6 is 11.3 Å². The van der Waals surface area contributed by atoms with Crippen molar-refractivity contribution in [2.75, 3.05) is 0 Å². The van der Waals surface area contributed by atoms with Crippen molar-refractivity contribution in [2.24, 2.45) is 5.92 Å². The van der Waals surface area contributed by atoms with Crippen molar-refractivity contribution >= 4 is 22.9 Å². The summed E-state index contributed by atoms with van der Waals surface area (Å²) in [7, 11) is 0. The van der Waals surface area contributed by atoms with E-state index in [2.05, 4.69) is 28.5 Å². The van der Waals surface area contributed by atoms with E-state index in [9.17, 15) is 4.79 Å². The zero-order valence-corrected chi connectivity index (χ0v) is 14.6. The Morgan fingerprint density at radius 3 is 3.17 bits per heavy atom. The van der Waals surface area contributed by atoms with Gasteiger partial charge in [0.15, 0.2) is 11.5 Å².